The van der Waals surface area contributed by atoms with Gasteiger partial charge in [-0.15, -0.1) is 11.3 Å². The fourth-order valence-electron chi connectivity index (χ4n) is 1.67. The Labute approximate surface area is 129 Å². The Kier molecular flexibility index (Phi) is 4.71. The highest BCUT2D eigenvalue weighted by Gasteiger charge is 2.22. The van der Waals surface area contributed by atoms with Crippen molar-refractivity contribution in [1.29, 1.82) is 0 Å². The van der Waals surface area contributed by atoms with Gasteiger partial charge >= 0.3 is 12.0 Å². The zero-order valence-electron chi connectivity index (χ0n) is 11.8. The highest BCUT2D eigenvalue weighted by Crippen LogP contribution is 2.28. The molecule has 116 valence electrons. The van der Waals surface area contributed by atoms with Crippen LogP contribution in [0.15, 0.2) is 24.3 Å². The molecule has 2 N–H and O–H groups in total. The summed E-state index contributed by atoms with van der Waals surface area (Å²) < 4.78 is 19.2. The molecule has 0 saturated carbocycles. The van der Waals surface area contributed by atoms with Gasteiger partial charge in [-0.1, -0.05) is 6.07 Å². The van der Waals surface area contributed by atoms with E-state index in [1.807, 2.05) is 5.32 Å². The van der Waals surface area contributed by atoms with Gasteiger partial charge in [-0.25, -0.2) is 14.0 Å². The summed E-state index contributed by atoms with van der Waals surface area (Å²) >= 11 is 1.07. The van der Waals surface area contributed by atoms with Crippen LogP contribution in [0.4, 0.5) is 9.18 Å². The first-order valence-corrected chi connectivity index (χ1v) is 7.15. The topological polar surface area (TPSA) is 84.5 Å². The van der Waals surface area contributed by atoms with Crippen LogP contribution < -0.4 is 10.6 Å². The van der Waals surface area contributed by atoms with E-state index in [0.717, 1.165) is 11.3 Å². The Morgan fingerprint density at radius 2 is 2.05 bits per heavy atom. The van der Waals surface area contributed by atoms with Crippen molar-refractivity contribution in [3.05, 3.63) is 35.0 Å². The summed E-state index contributed by atoms with van der Waals surface area (Å²) in [5, 5.41) is 4.53. The summed E-state index contributed by atoms with van der Waals surface area (Å²) in [6.07, 6.45) is -1.15. The first-order valence-electron chi connectivity index (χ1n) is 6.34. The average molecular weight is 324 g/mol. The van der Waals surface area contributed by atoms with E-state index < -0.39 is 29.8 Å². The van der Waals surface area contributed by atoms with Crippen LogP contribution in [0.5, 0.6) is 0 Å². The number of ether oxygens (including phenoxy) is 1. The Bertz CT molecular complexity index is 744. The molecule has 6 nitrogen and oxygen atoms in total. The molecule has 0 aliphatic heterocycles. The van der Waals surface area contributed by atoms with Gasteiger partial charge < -0.3 is 10.1 Å². The van der Waals surface area contributed by atoms with E-state index in [1.165, 1.54) is 26.1 Å². The normalized spacial score (nSPS) is 11.8. The lowest BCUT2D eigenvalue weighted by atomic mass is 10.2. The third kappa shape index (κ3) is 3.40. The van der Waals surface area contributed by atoms with Crippen molar-refractivity contribution >= 4 is 39.3 Å². The lowest BCUT2D eigenvalue weighted by Crippen LogP contribution is -2.43. The van der Waals surface area contributed by atoms with Gasteiger partial charge in [-0.05, 0) is 25.1 Å². The van der Waals surface area contributed by atoms with Crippen molar-refractivity contribution in [3.63, 3.8) is 0 Å². The van der Waals surface area contributed by atoms with Gasteiger partial charge in [0, 0.05) is 17.1 Å². The number of thiophene rings is 1. The molecule has 0 bridgehead atoms. The third-order valence-electron chi connectivity index (χ3n) is 2.83. The molecule has 0 spiro atoms. The summed E-state index contributed by atoms with van der Waals surface area (Å²) in [6, 6.07) is 5.20. The largest absolute Gasteiger partial charge is 0.448 e. The Hall–Kier alpha value is -2.48. The number of hydrogen-bond acceptors (Lipinski definition) is 5. The fourth-order valence-corrected chi connectivity index (χ4v) is 2.63. The lowest BCUT2D eigenvalue weighted by Gasteiger charge is -2.11. The number of rotatable bonds is 3. The predicted molar refractivity (Wildman–Crippen MR) is 79.3 cm³/mol. The maximum absolute atomic E-state index is 13.6. The third-order valence-corrected chi connectivity index (χ3v) is 3.91. The molecule has 0 radical (unpaired) electrons. The molecule has 8 heteroatoms. The molecule has 1 aromatic carbocycles. The number of nitrogens with one attached hydrogen (secondary N) is 2. The average Bonchev–Trinajstić information content (AvgIpc) is 2.92. The SMILES string of the molecule is CNC(=O)NC(=O)[C@H](C)OC(=O)c1cc2c(F)cccc2s1. The molecule has 1 atom stereocenters. The van der Waals surface area contributed by atoms with Crippen molar-refractivity contribution in [2.45, 2.75) is 13.0 Å². The number of fused-ring (bicyclic) bond motifs is 1. The molecule has 0 aliphatic rings. The second-order valence-corrected chi connectivity index (χ2v) is 5.46. The van der Waals surface area contributed by atoms with Gasteiger partial charge in [0.25, 0.3) is 5.91 Å². The van der Waals surface area contributed by atoms with Crippen LogP contribution >= 0.6 is 11.3 Å². The van der Waals surface area contributed by atoms with Crippen molar-refractivity contribution in [2.24, 2.45) is 0 Å². The summed E-state index contributed by atoms with van der Waals surface area (Å²) in [6.45, 7) is 1.34. The van der Waals surface area contributed by atoms with Crippen LogP contribution in [0.3, 0.4) is 0 Å². The van der Waals surface area contributed by atoms with Crippen LogP contribution in [-0.2, 0) is 9.53 Å². The van der Waals surface area contributed by atoms with Crippen LogP contribution in [-0.4, -0.2) is 31.1 Å². The van der Waals surface area contributed by atoms with Gasteiger partial charge in [-0.2, -0.15) is 0 Å². The summed E-state index contributed by atoms with van der Waals surface area (Å²) in [5.41, 5.74) is 0. The Balaban J connectivity index is 2.09. The van der Waals surface area contributed by atoms with Crippen LogP contribution in [0.2, 0.25) is 0 Å². The van der Waals surface area contributed by atoms with Crippen LogP contribution in [0, 0.1) is 5.82 Å². The molecule has 1 aromatic heterocycles. The maximum Gasteiger partial charge on any atom is 0.349 e. The van der Waals surface area contributed by atoms with E-state index >= 15 is 0 Å². The number of imide groups is 1. The van der Waals surface area contributed by atoms with E-state index in [1.54, 1.807) is 12.1 Å². The minimum absolute atomic E-state index is 0.180. The van der Waals surface area contributed by atoms with E-state index in [9.17, 15) is 18.8 Å². The van der Waals surface area contributed by atoms with Crippen molar-refractivity contribution < 1.29 is 23.5 Å². The van der Waals surface area contributed by atoms with Gasteiger partial charge in [0.05, 0.1) is 0 Å². The number of halogens is 1. The van der Waals surface area contributed by atoms with Crippen LogP contribution in [0.25, 0.3) is 10.1 Å². The molecular weight excluding hydrogens is 311 g/mol. The lowest BCUT2D eigenvalue weighted by molar-refractivity contribution is -0.127. The number of benzene rings is 1. The monoisotopic (exact) mass is 324 g/mol. The molecule has 0 saturated heterocycles. The zero-order chi connectivity index (χ0) is 16.3. The summed E-state index contributed by atoms with van der Waals surface area (Å²) in [4.78, 5) is 34.8. The van der Waals surface area contributed by atoms with Crippen molar-refractivity contribution in [1.82, 2.24) is 10.6 Å². The molecule has 2 aromatic rings. The fraction of sp³-hybridized carbons (Fsp3) is 0.214. The van der Waals surface area contributed by atoms with E-state index in [-0.39, 0.29) is 4.88 Å². The van der Waals surface area contributed by atoms with E-state index in [2.05, 4.69) is 5.32 Å². The van der Waals surface area contributed by atoms with Gasteiger partial charge in [0.1, 0.15) is 10.7 Å². The quantitative estimate of drug-likeness (QED) is 0.846. The number of esters is 1. The molecule has 0 unspecified atom stereocenters. The number of carbonyl (C=O) groups excluding carboxylic acids is 3. The minimum atomic E-state index is -1.15. The summed E-state index contributed by atoms with van der Waals surface area (Å²) in [7, 11) is 1.35. The Morgan fingerprint density at radius 3 is 2.68 bits per heavy atom. The number of carbonyl (C=O) groups is 3. The van der Waals surface area contributed by atoms with Gasteiger partial charge in [-0.3, -0.25) is 10.1 Å². The van der Waals surface area contributed by atoms with Gasteiger partial charge in [0.15, 0.2) is 6.10 Å². The maximum atomic E-state index is 13.6. The molecule has 2 rings (SSSR count). The smallest absolute Gasteiger partial charge is 0.349 e. The van der Waals surface area contributed by atoms with E-state index in [4.69, 9.17) is 4.74 Å². The van der Waals surface area contributed by atoms with Crippen molar-refractivity contribution in [3.8, 4) is 0 Å². The number of amides is 3. The highest BCUT2D eigenvalue weighted by molar-refractivity contribution is 7.20. The first kappa shape index (κ1) is 15.9. The molecular formula is C14H13FN2O4S. The zero-order valence-corrected chi connectivity index (χ0v) is 12.6. The number of hydrogen-bond donors (Lipinski definition) is 2. The predicted octanol–water partition coefficient (Wildman–Crippen LogP) is 2.04. The van der Waals surface area contributed by atoms with Crippen molar-refractivity contribution in [2.75, 3.05) is 7.05 Å². The highest BCUT2D eigenvalue weighted by atomic mass is 32.1. The molecule has 0 fully saturated rings. The van der Waals surface area contributed by atoms with Crippen LogP contribution in [0.1, 0.15) is 16.6 Å². The number of urea groups is 1. The molecule has 3 amide bonds. The first-order chi connectivity index (χ1) is 10.4. The van der Waals surface area contributed by atoms with E-state index in [0.29, 0.717) is 10.1 Å². The second kappa shape index (κ2) is 6.52. The molecule has 0 aliphatic carbocycles. The molecule has 1 heterocycles. The second-order valence-electron chi connectivity index (χ2n) is 4.38. The summed E-state index contributed by atoms with van der Waals surface area (Å²) in [5.74, 6) is -1.93. The van der Waals surface area contributed by atoms with Gasteiger partial charge in [0.2, 0.25) is 0 Å². The standard InChI is InChI=1S/C14H13FN2O4S/c1-7(12(18)17-14(20)16-2)21-13(19)11-6-8-9(15)4-3-5-10(8)22-11/h3-7H,1-2H3,(H2,16,17,18,20)/t7-/m0/s1. The minimum Gasteiger partial charge on any atom is -0.448 e. The molecule has 22 heavy (non-hydrogen) atoms. The Morgan fingerprint density at radius 1 is 1.32 bits per heavy atom.